The van der Waals surface area contributed by atoms with Gasteiger partial charge in [0.1, 0.15) is 0 Å². The van der Waals surface area contributed by atoms with Gasteiger partial charge in [-0.1, -0.05) is 121 Å². The molecule has 44 heavy (non-hydrogen) atoms. The molecular weight excluding hydrogens is 898 g/mol. The first-order valence-corrected chi connectivity index (χ1v) is 23.1. The maximum atomic E-state index is 9.93. The summed E-state index contributed by atoms with van der Waals surface area (Å²) >= 11 is -11.2. The van der Waals surface area contributed by atoms with Gasteiger partial charge in [0.05, 0.1) is 0 Å². The van der Waals surface area contributed by atoms with Crippen LogP contribution in [0.3, 0.4) is 0 Å². The average molecular weight is 937 g/mol. The van der Waals surface area contributed by atoms with Crippen LogP contribution in [0.4, 0.5) is 16.9 Å². The number of benzene rings is 4. The third-order valence-electron chi connectivity index (χ3n) is 5.91. The molecule has 0 N–H and O–H groups in total. The van der Waals surface area contributed by atoms with Crippen molar-refractivity contribution in [3.05, 3.63) is 147 Å². The van der Waals surface area contributed by atoms with Gasteiger partial charge in [-0.15, -0.1) is 0 Å². The SMILES string of the molecule is CP(c1ccccc1)c1ccccc1.CP(c1ccccc1)c1ccccc1.[CH]1[CH]CC[CH][CH]CC1.[F][Sb-]([F])([F])([F])([F])[F].[Ir]. The molecular formula is C34H38F6IrP2Sb-. The van der Waals surface area contributed by atoms with E-state index in [-0.39, 0.29) is 35.9 Å². The average Bonchev–Trinajstić information content (AvgIpc) is 2.97. The van der Waals surface area contributed by atoms with Crippen molar-refractivity contribution in [2.24, 2.45) is 0 Å². The number of halogens is 6. The summed E-state index contributed by atoms with van der Waals surface area (Å²) in [5.74, 6) is 0. The minimum Gasteiger partial charge on any atom is 0 e. The first-order chi connectivity index (χ1) is 20.2. The number of rotatable bonds is 4. The van der Waals surface area contributed by atoms with E-state index in [0.29, 0.717) is 0 Å². The van der Waals surface area contributed by atoms with Gasteiger partial charge in [0.2, 0.25) is 0 Å². The third kappa shape index (κ3) is 21.5. The molecule has 0 heterocycles. The van der Waals surface area contributed by atoms with Crippen molar-refractivity contribution in [1.29, 1.82) is 0 Å². The maximum absolute atomic E-state index is 11.2. The summed E-state index contributed by atoms with van der Waals surface area (Å²) in [7, 11) is -0.342. The molecule has 10 heteroatoms. The Morgan fingerprint density at radius 1 is 0.386 bits per heavy atom. The van der Waals surface area contributed by atoms with Crippen molar-refractivity contribution in [3.63, 3.8) is 0 Å². The molecule has 4 aromatic rings. The van der Waals surface area contributed by atoms with E-state index in [4.69, 9.17) is 0 Å². The summed E-state index contributed by atoms with van der Waals surface area (Å²) in [6.45, 7) is 4.61. The molecule has 0 unspecified atom stereocenters. The maximum Gasteiger partial charge on any atom is 0 e. The van der Waals surface area contributed by atoms with E-state index in [1.54, 1.807) is 0 Å². The molecule has 0 bridgehead atoms. The zero-order chi connectivity index (χ0) is 31.7. The van der Waals surface area contributed by atoms with Crippen molar-refractivity contribution in [2.75, 3.05) is 13.3 Å². The van der Waals surface area contributed by atoms with Crippen molar-refractivity contribution in [1.82, 2.24) is 0 Å². The molecule has 5 rings (SSSR count). The topological polar surface area (TPSA) is 0 Å². The number of hydrogen-bond acceptors (Lipinski definition) is 0. The van der Waals surface area contributed by atoms with Crippen molar-refractivity contribution >= 4 is 56.5 Å². The van der Waals surface area contributed by atoms with Gasteiger partial charge in [0.25, 0.3) is 0 Å². The molecule has 1 aliphatic rings. The van der Waals surface area contributed by atoms with E-state index >= 15 is 0 Å². The Morgan fingerprint density at radius 3 is 0.705 bits per heavy atom. The number of hydrogen-bond donors (Lipinski definition) is 0. The van der Waals surface area contributed by atoms with E-state index in [9.17, 15) is 16.9 Å². The molecule has 0 atom stereocenters. The van der Waals surface area contributed by atoms with Crippen LogP contribution in [0.2, 0.25) is 0 Å². The normalized spacial score (nSPS) is 14.7. The van der Waals surface area contributed by atoms with Crippen LogP contribution in [-0.4, -0.2) is 32.8 Å². The fourth-order valence-corrected chi connectivity index (χ4v) is 6.83. The van der Waals surface area contributed by atoms with Crippen LogP contribution in [0.1, 0.15) is 25.7 Å². The third-order valence-corrected chi connectivity index (χ3v) is 10.2. The molecule has 0 amide bonds. The summed E-state index contributed by atoms with van der Waals surface area (Å²) in [6.07, 6.45) is 14.0. The van der Waals surface area contributed by atoms with Gasteiger partial charge < -0.3 is 0 Å². The molecule has 1 aliphatic carbocycles. The molecule has 0 aromatic heterocycles. The van der Waals surface area contributed by atoms with Crippen LogP contribution in [0.25, 0.3) is 0 Å². The van der Waals surface area contributed by atoms with Gasteiger partial charge in [-0.25, -0.2) is 0 Å². The van der Waals surface area contributed by atoms with Crippen LogP contribution < -0.4 is 21.2 Å². The Morgan fingerprint density at radius 2 is 0.545 bits per heavy atom. The van der Waals surface area contributed by atoms with Crippen LogP contribution in [-0.2, 0) is 20.1 Å². The molecule has 4 aromatic carbocycles. The second kappa shape index (κ2) is 19.4. The smallest absolute Gasteiger partial charge is 0 e. The van der Waals surface area contributed by atoms with E-state index in [2.05, 4.69) is 160 Å². The zero-order valence-electron chi connectivity index (χ0n) is 24.6. The van der Waals surface area contributed by atoms with Crippen LogP contribution in [0.15, 0.2) is 121 Å². The zero-order valence-corrected chi connectivity index (χ0v) is 31.4. The molecule has 241 valence electrons. The molecule has 0 saturated heterocycles. The van der Waals surface area contributed by atoms with Crippen LogP contribution >= 0.6 is 15.8 Å². The Bertz CT molecular complexity index is 1090. The van der Waals surface area contributed by atoms with Gasteiger partial charge in [-0.3, -0.25) is 0 Å². The predicted molar refractivity (Wildman–Crippen MR) is 178 cm³/mol. The molecule has 0 spiro atoms. The largest absolute Gasteiger partial charge is 0 e. The minimum atomic E-state index is -11.2. The summed E-state index contributed by atoms with van der Waals surface area (Å²) in [5, 5.41) is 5.75. The Labute approximate surface area is 277 Å². The van der Waals surface area contributed by atoms with Gasteiger partial charge >= 0.3 is 36.4 Å². The van der Waals surface area contributed by atoms with Gasteiger partial charge in [-0.05, 0) is 102 Å². The predicted octanol–water partition coefficient (Wildman–Crippen LogP) is 10.0. The Hall–Kier alpha value is -1.21. The van der Waals surface area contributed by atoms with Crippen molar-refractivity contribution < 1.29 is 37.0 Å². The first-order valence-electron chi connectivity index (χ1n) is 13.7. The molecule has 1 saturated carbocycles. The molecule has 0 aliphatic heterocycles. The fourth-order valence-electron chi connectivity index (χ4n) is 3.76. The summed E-state index contributed by atoms with van der Waals surface area (Å²) in [5.41, 5.74) is 0. The van der Waals surface area contributed by atoms with Crippen LogP contribution in [0, 0.1) is 25.7 Å². The minimum absolute atomic E-state index is 0. The quantitative estimate of drug-likeness (QED) is 0.109. The summed E-state index contributed by atoms with van der Waals surface area (Å²) < 4.78 is 59.6. The first kappa shape index (κ1) is 40.8. The molecule has 5 radical (unpaired) electrons. The van der Waals surface area contributed by atoms with Crippen molar-refractivity contribution in [3.8, 4) is 0 Å². The molecule has 0 nitrogen and oxygen atoms in total. The van der Waals surface area contributed by atoms with Crippen LogP contribution in [0.5, 0.6) is 0 Å². The van der Waals surface area contributed by atoms with E-state index in [1.165, 1.54) is 46.9 Å². The van der Waals surface area contributed by atoms with E-state index < -0.39 is 19.5 Å². The van der Waals surface area contributed by atoms with Crippen molar-refractivity contribution in [2.45, 2.75) is 25.7 Å². The Kier molecular flexibility index (Phi) is 18.0. The fraction of sp³-hybridized carbons (Fsp3) is 0.176. The summed E-state index contributed by atoms with van der Waals surface area (Å²) in [4.78, 5) is 0. The second-order valence-electron chi connectivity index (χ2n) is 9.52. The van der Waals surface area contributed by atoms with Gasteiger partial charge in [-0.2, -0.15) is 0 Å². The Balaban J connectivity index is 0.000000305. The van der Waals surface area contributed by atoms with E-state index in [0.717, 1.165) is 0 Å². The monoisotopic (exact) mass is 936 g/mol. The van der Waals surface area contributed by atoms with Gasteiger partial charge in [0, 0.05) is 20.1 Å². The van der Waals surface area contributed by atoms with Gasteiger partial charge in [0.15, 0.2) is 0 Å². The summed E-state index contributed by atoms with van der Waals surface area (Å²) in [6, 6.07) is 42.8. The standard InChI is InChI=1S/2C13H13P.C8H12.6FH.Ir.Sb/c2*1-14(12-8-4-2-5-9-12)13-10-6-3-7-11-13;1-2-4-6-8-7-5-3-1;;;;;;;;/h2*2-11H,1H3;1-2,7-8H,3-6H2;6*1H;;/q;;;;;;;;;;+5/p-6. The van der Waals surface area contributed by atoms with E-state index in [1.807, 2.05) is 0 Å². The second-order valence-corrected chi connectivity index (χ2v) is 19.3. The molecule has 1 fully saturated rings.